The molecule has 5 nitrogen and oxygen atoms in total. The normalized spacial score (nSPS) is 10.0. The number of nitrogens with zero attached hydrogens (tertiary/aromatic N) is 1. The Morgan fingerprint density at radius 3 is 2.18 bits per heavy atom. The van der Waals surface area contributed by atoms with E-state index < -0.39 is 10.0 Å². The predicted molar refractivity (Wildman–Crippen MR) is 91.4 cm³/mol. The fourth-order valence-electron chi connectivity index (χ4n) is 1.54. The van der Waals surface area contributed by atoms with Crippen molar-refractivity contribution in [2.24, 2.45) is 0 Å². The van der Waals surface area contributed by atoms with Gasteiger partial charge >= 0.3 is 0 Å². The second-order valence-corrected chi connectivity index (χ2v) is 5.80. The van der Waals surface area contributed by atoms with Gasteiger partial charge in [-0.15, -0.1) is 0 Å². The summed E-state index contributed by atoms with van der Waals surface area (Å²) in [5.74, 6) is 0. The van der Waals surface area contributed by atoms with E-state index in [0.717, 1.165) is 11.3 Å². The van der Waals surface area contributed by atoms with Crippen molar-refractivity contribution in [3.63, 3.8) is 0 Å². The Morgan fingerprint density at radius 1 is 1.09 bits per heavy atom. The van der Waals surface area contributed by atoms with E-state index in [2.05, 4.69) is 14.7 Å². The summed E-state index contributed by atoms with van der Waals surface area (Å²) < 4.78 is 26.4. The third kappa shape index (κ3) is 6.87. The molecule has 0 saturated heterocycles. The monoisotopic (exact) mass is 325 g/mol. The summed E-state index contributed by atoms with van der Waals surface area (Å²) in [6.07, 6.45) is 3.84. The molecule has 2 aromatic rings. The van der Waals surface area contributed by atoms with Crippen LogP contribution in [0.3, 0.4) is 0 Å². The molecule has 0 spiro atoms. The Hall–Kier alpha value is -1.66. The lowest BCUT2D eigenvalue weighted by Crippen LogP contribution is -2.26. The number of hydrogen-bond acceptors (Lipinski definition) is 3. The second-order valence-electron chi connectivity index (χ2n) is 4.04. The molecule has 0 atom stereocenters. The number of aromatic amines is 1. The lowest BCUT2D eigenvalue weighted by molar-refractivity contribution is 0.581. The number of benzene rings is 1. The molecule has 0 fully saturated rings. The number of H-pyrrole nitrogens is 1. The van der Waals surface area contributed by atoms with Crippen molar-refractivity contribution in [3.8, 4) is 0 Å². The number of nitrogens with one attached hydrogen (secondary N) is 2. The van der Waals surface area contributed by atoms with E-state index in [1.54, 1.807) is 36.8 Å². The van der Waals surface area contributed by atoms with E-state index in [1.807, 2.05) is 34.6 Å². The van der Waals surface area contributed by atoms with Crippen LogP contribution in [-0.4, -0.2) is 24.9 Å². The molecule has 1 aromatic heterocycles. The molecular weight excluding hydrogens is 298 g/mol. The van der Waals surface area contributed by atoms with Gasteiger partial charge in [0.15, 0.2) is 0 Å². The van der Waals surface area contributed by atoms with Crippen LogP contribution in [0, 0.1) is 6.92 Å². The molecule has 0 aliphatic carbocycles. The van der Waals surface area contributed by atoms with Crippen molar-refractivity contribution in [3.05, 3.63) is 48.0 Å². The molecular formula is C16H27N3O2S. The van der Waals surface area contributed by atoms with Gasteiger partial charge in [0.25, 0.3) is 0 Å². The van der Waals surface area contributed by atoms with E-state index in [-0.39, 0.29) is 4.90 Å². The Morgan fingerprint density at radius 2 is 1.68 bits per heavy atom. The topological polar surface area (TPSA) is 74.8 Å². The summed E-state index contributed by atoms with van der Waals surface area (Å²) in [6, 6.07) is 6.77. The zero-order chi connectivity index (χ0) is 17.0. The van der Waals surface area contributed by atoms with Gasteiger partial charge in [0, 0.05) is 24.9 Å². The van der Waals surface area contributed by atoms with Crippen LogP contribution in [0.4, 0.5) is 0 Å². The highest BCUT2D eigenvalue weighted by Crippen LogP contribution is 2.09. The van der Waals surface area contributed by atoms with Gasteiger partial charge in [0.1, 0.15) is 0 Å². The number of imidazole rings is 1. The Balaban J connectivity index is 0.00000102. The molecule has 0 aliphatic heterocycles. The van der Waals surface area contributed by atoms with Gasteiger partial charge in [-0.05, 0) is 19.1 Å². The SMILES string of the molecule is CC.CC.Cc1ccc(S(=O)(=O)NCCc2cnc[nH]2)cc1. The molecule has 6 heteroatoms. The number of rotatable bonds is 5. The maximum absolute atomic E-state index is 11.9. The summed E-state index contributed by atoms with van der Waals surface area (Å²) in [5.41, 5.74) is 1.94. The molecule has 0 unspecified atom stereocenters. The number of sulfonamides is 1. The van der Waals surface area contributed by atoms with Gasteiger partial charge in [-0.25, -0.2) is 18.1 Å². The van der Waals surface area contributed by atoms with E-state index in [1.165, 1.54) is 0 Å². The lowest BCUT2D eigenvalue weighted by Gasteiger charge is -2.06. The third-order valence-electron chi connectivity index (χ3n) is 2.57. The number of aromatic nitrogens is 2. The molecule has 0 radical (unpaired) electrons. The highest BCUT2D eigenvalue weighted by Gasteiger charge is 2.12. The molecule has 1 heterocycles. The van der Waals surface area contributed by atoms with Gasteiger partial charge in [0.05, 0.1) is 11.2 Å². The summed E-state index contributed by atoms with van der Waals surface area (Å²) in [6.45, 7) is 10.3. The van der Waals surface area contributed by atoms with Crippen molar-refractivity contribution in [2.75, 3.05) is 6.54 Å². The first-order chi connectivity index (χ1) is 10.6. The molecule has 1 aromatic carbocycles. The van der Waals surface area contributed by atoms with Gasteiger partial charge < -0.3 is 4.98 Å². The van der Waals surface area contributed by atoms with Gasteiger partial charge in [-0.2, -0.15) is 0 Å². The Labute approximate surface area is 134 Å². The maximum atomic E-state index is 11.9. The van der Waals surface area contributed by atoms with Crippen LogP contribution >= 0.6 is 0 Å². The summed E-state index contributed by atoms with van der Waals surface area (Å²) in [7, 11) is -3.41. The lowest BCUT2D eigenvalue weighted by atomic mass is 10.2. The molecule has 0 saturated carbocycles. The molecule has 22 heavy (non-hydrogen) atoms. The van der Waals surface area contributed by atoms with Crippen LogP contribution in [0.2, 0.25) is 0 Å². The van der Waals surface area contributed by atoms with E-state index >= 15 is 0 Å². The third-order valence-corrected chi connectivity index (χ3v) is 4.05. The van der Waals surface area contributed by atoms with Gasteiger partial charge in [-0.3, -0.25) is 0 Å². The quantitative estimate of drug-likeness (QED) is 0.886. The Bertz CT molecular complexity index is 591. The average molecular weight is 325 g/mol. The van der Waals surface area contributed by atoms with Crippen LogP contribution < -0.4 is 4.72 Å². The maximum Gasteiger partial charge on any atom is 0.240 e. The molecule has 0 aliphatic rings. The smallest absolute Gasteiger partial charge is 0.240 e. The fourth-order valence-corrected chi connectivity index (χ4v) is 2.57. The highest BCUT2D eigenvalue weighted by atomic mass is 32.2. The summed E-state index contributed by atoms with van der Waals surface area (Å²) in [4.78, 5) is 7.09. The Kier molecular flexibility index (Phi) is 10.2. The number of hydrogen-bond donors (Lipinski definition) is 2. The highest BCUT2D eigenvalue weighted by molar-refractivity contribution is 7.89. The summed E-state index contributed by atoms with van der Waals surface area (Å²) >= 11 is 0. The van der Waals surface area contributed by atoms with E-state index in [0.29, 0.717) is 13.0 Å². The molecule has 2 rings (SSSR count). The van der Waals surface area contributed by atoms with Crippen LogP contribution in [0.15, 0.2) is 41.7 Å². The zero-order valence-electron chi connectivity index (χ0n) is 14.1. The molecule has 2 N–H and O–H groups in total. The van der Waals surface area contributed by atoms with E-state index in [4.69, 9.17) is 0 Å². The minimum Gasteiger partial charge on any atom is -0.348 e. The minimum absolute atomic E-state index is 0.290. The largest absolute Gasteiger partial charge is 0.348 e. The van der Waals surface area contributed by atoms with Crippen LogP contribution in [0.25, 0.3) is 0 Å². The number of aryl methyl sites for hydroxylation is 1. The van der Waals surface area contributed by atoms with Crippen molar-refractivity contribution >= 4 is 10.0 Å². The second kappa shape index (κ2) is 11.0. The van der Waals surface area contributed by atoms with Crippen molar-refractivity contribution in [2.45, 2.75) is 45.9 Å². The first-order valence-electron chi connectivity index (χ1n) is 7.61. The van der Waals surface area contributed by atoms with Crippen molar-refractivity contribution in [1.82, 2.24) is 14.7 Å². The first-order valence-corrected chi connectivity index (χ1v) is 9.10. The standard InChI is InChI=1S/C12H15N3O2S.2C2H6/c1-10-2-4-12(5-3-10)18(16,17)15-7-6-11-8-13-9-14-11;2*1-2/h2-5,8-9,15H,6-7H2,1H3,(H,13,14);2*1-2H3. The minimum atomic E-state index is -3.41. The summed E-state index contributed by atoms with van der Waals surface area (Å²) in [5, 5.41) is 0. The van der Waals surface area contributed by atoms with Crippen molar-refractivity contribution < 1.29 is 8.42 Å². The van der Waals surface area contributed by atoms with Crippen LogP contribution in [-0.2, 0) is 16.4 Å². The van der Waals surface area contributed by atoms with Crippen LogP contribution in [0.5, 0.6) is 0 Å². The average Bonchev–Trinajstić information content (AvgIpc) is 3.05. The predicted octanol–water partition coefficient (Wildman–Crippen LogP) is 3.29. The first kappa shape index (κ1) is 20.3. The molecule has 0 bridgehead atoms. The molecule has 124 valence electrons. The fraction of sp³-hybridized carbons (Fsp3) is 0.438. The zero-order valence-corrected chi connectivity index (χ0v) is 14.9. The van der Waals surface area contributed by atoms with Gasteiger partial charge in [0.2, 0.25) is 10.0 Å². The van der Waals surface area contributed by atoms with Gasteiger partial charge in [-0.1, -0.05) is 45.4 Å². The molecule has 0 amide bonds. The van der Waals surface area contributed by atoms with E-state index in [9.17, 15) is 8.42 Å². The van der Waals surface area contributed by atoms with Crippen LogP contribution in [0.1, 0.15) is 39.0 Å². The van der Waals surface area contributed by atoms with Crippen molar-refractivity contribution in [1.29, 1.82) is 0 Å².